The SMILES string of the molecule is C1CCC2CC3CC4CCCC4CC3CC2C1. The fraction of sp³-hybridized carbons (Fsp3) is 1.00. The van der Waals surface area contributed by atoms with E-state index in [9.17, 15) is 0 Å². The van der Waals surface area contributed by atoms with E-state index in [0.717, 1.165) is 35.5 Å². The molecule has 0 aliphatic heterocycles. The summed E-state index contributed by atoms with van der Waals surface area (Å²) in [5.41, 5.74) is 0. The van der Waals surface area contributed by atoms with E-state index in [2.05, 4.69) is 0 Å². The zero-order valence-electron chi connectivity index (χ0n) is 11.2. The first-order valence-electron chi connectivity index (χ1n) is 8.40. The molecule has 0 saturated heterocycles. The van der Waals surface area contributed by atoms with Crippen LogP contribution >= 0.6 is 0 Å². The normalized spacial score (nSPS) is 53.6. The Morgan fingerprint density at radius 2 is 0.706 bits per heavy atom. The van der Waals surface area contributed by atoms with E-state index in [4.69, 9.17) is 0 Å². The molecule has 0 aromatic heterocycles. The Bertz CT molecular complexity index is 254. The summed E-state index contributed by atoms with van der Waals surface area (Å²) < 4.78 is 0. The molecular weight excluding hydrogens is 204 g/mol. The van der Waals surface area contributed by atoms with E-state index >= 15 is 0 Å². The lowest BCUT2D eigenvalue weighted by atomic mass is 9.57. The lowest BCUT2D eigenvalue weighted by Gasteiger charge is -2.49. The van der Waals surface area contributed by atoms with Crippen molar-refractivity contribution in [2.24, 2.45) is 35.5 Å². The highest BCUT2D eigenvalue weighted by Gasteiger charge is 2.44. The maximum atomic E-state index is 1.64. The van der Waals surface area contributed by atoms with Crippen molar-refractivity contribution in [2.45, 2.75) is 70.6 Å². The highest BCUT2D eigenvalue weighted by molar-refractivity contribution is 4.95. The quantitative estimate of drug-likeness (QED) is 0.549. The molecule has 6 atom stereocenters. The van der Waals surface area contributed by atoms with Gasteiger partial charge in [-0.2, -0.15) is 0 Å². The maximum Gasteiger partial charge on any atom is -0.0380 e. The maximum absolute atomic E-state index is 1.64. The van der Waals surface area contributed by atoms with Crippen LogP contribution in [-0.4, -0.2) is 0 Å². The molecule has 4 saturated carbocycles. The van der Waals surface area contributed by atoms with Gasteiger partial charge in [-0.25, -0.2) is 0 Å². The first kappa shape index (κ1) is 10.9. The first-order chi connectivity index (χ1) is 8.40. The summed E-state index contributed by atoms with van der Waals surface area (Å²) in [6, 6.07) is 0. The Morgan fingerprint density at radius 1 is 0.353 bits per heavy atom. The Labute approximate surface area is 107 Å². The monoisotopic (exact) mass is 232 g/mol. The molecule has 0 radical (unpaired) electrons. The van der Waals surface area contributed by atoms with E-state index in [-0.39, 0.29) is 0 Å². The van der Waals surface area contributed by atoms with Crippen molar-refractivity contribution >= 4 is 0 Å². The smallest absolute Gasteiger partial charge is 0.0380 e. The van der Waals surface area contributed by atoms with Crippen LogP contribution in [0.25, 0.3) is 0 Å². The number of hydrogen-bond donors (Lipinski definition) is 0. The molecule has 4 aliphatic carbocycles. The third kappa shape index (κ3) is 1.87. The molecular formula is C17H28. The summed E-state index contributed by atoms with van der Waals surface area (Å²) in [4.78, 5) is 0. The zero-order valence-corrected chi connectivity index (χ0v) is 11.2. The molecule has 0 aromatic rings. The predicted octanol–water partition coefficient (Wildman–Crippen LogP) is 5.03. The first-order valence-corrected chi connectivity index (χ1v) is 8.40. The van der Waals surface area contributed by atoms with Crippen LogP contribution in [-0.2, 0) is 0 Å². The third-order valence-electron chi connectivity index (χ3n) is 6.97. The molecule has 0 heterocycles. The zero-order chi connectivity index (χ0) is 11.2. The van der Waals surface area contributed by atoms with E-state index in [0.29, 0.717) is 0 Å². The largest absolute Gasteiger partial charge is 0.0530 e. The predicted molar refractivity (Wildman–Crippen MR) is 71.7 cm³/mol. The second-order valence-corrected chi connectivity index (χ2v) is 7.72. The minimum atomic E-state index is 1.16. The van der Waals surface area contributed by atoms with Crippen LogP contribution in [0.5, 0.6) is 0 Å². The average Bonchev–Trinajstić information content (AvgIpc) is 2.80. The van der Waals surface area contributed by atoms with Gasteiger partial charge >= 0.3 is 0 Å². The molecule has 0 spiro atoms. The van der Waals surface area contributed by atoms with Gasteiger partial charge < -0.3 is 0 Å². The van der Waals surface area contributed by atoms with Crippen molar-refractivity contribution in [3.05, 3.63) is 0 Å². The minimum Gasteiger partial charge on any atom is -0.0530 e. The van der Waals surface area contributed by atoms with Gasteiger partial charge in [0.15, 0.2) is 0 Å². The van der Waals surface area contributed by atoms with E-state index < -0.39 is 0 Å². The van der Waals surface area contributed by atoms with Gasteiger partial charge in [-0.1, -0.05) is 44.9 Å². The van der Waals surface area contributed by atoms with Crippen molar-refractivity contribution in [1.82, 2.24) is 0 Å². The summed E-state index contributed by atoms with van der Waals surface area (Å²) in [6.07, 6.45) is 17.5. The van der Waals surface area contributed by atoms with Crippen molar-refractivity contribution in [1.29, 1.82) is 0 Å². The Morgan fingerprint density at radius 3 is 1.12 bits per heavy atom. The van der Waals surface area contributed by atoms with Crippen LogP contribution in [0.1, 0.15) is 70.6 Å². The van der Waals surface area contributed by atoms with Gasteiger partial charge in [0.05, 0.1) is 0 Å². The molecule has 4 aliphatic rings. The second-order valence-electron chi connectivity index (χ2n) is 7.72. The lowest BCUT2D eigenvalue weighted by molar-refractivity contribution is 0.0176. The van der Waals surface area contributed by atoms with Crippen LogP contribution < -0.4 is 0 Å². The Hall–Kier alpha value is 0. The molecule has 0 amide bonds. The standard InChI is InChI=1S/C17H28/c1-2-5-13-9-17-11-15-7-3-6-14(15)10-16(17)8-12(13)4-1/h12-17H,1-11H2. The minimum absolute atomic E-state index is 1.16. The molecule has 0 bridgehead atoms. The van der Waals surface area contributed by atoms with Crippen molar-refractivity contribution in [2.75, 3.05) is 0 Å². The van der Waals surface area contributed by atoms with Crippen LogP contribution in [0.4, 0.5) is 0 Å². The van der Waals surface area contributed by atoms with Crippen molar-refractivity contribution < 1.29 is 0 Å². The molecule has 0 heteroatoms. The van der Waals surface area contributed by atoms with Crippen molar-refractivity contribution in [3.63, 3.8) is 0 Å². The highest BCUT2D eigenvalue weighted by atomic mass is 14.5. The van der Waals surface area contributed by atoms with Crippen LogP contribution in [0, 0.1) is 35.5 Å². The molecule has 96 valence electrons. The summed E-state index contributed by atoms with van der Waals surface area (Å²) in [6.45, 7) is 0. The molecule has 17 heavy (non-hydrogen) atoms. The number of hydrogen-bond acceptors (Lipinski definition) is 0. The molecule has 4 fully saturated rings. The van der Waals surface area contributed by atoms with Gasteiger partial charge in [-0.05, 0) is 61.2 Å². The second kappa shape index (κ2) is 4.28. The fourth-order valence-electron chi connectivity index (χ4n) is 6.16. The van der Waals surface area contributed by atoms with Crippen LogP contribution in [0.2, 0.25) is 0 Å². The summed E-state index contributed by atoms with van der Waals surface area (Å²) in [5.74, 6) is 6.96. The Balaban J connectivity index is 1.48. The molecule has 0 aromatic carbocycles. The molecule has 0 N–H and O–H groups in total. The summed E-state index contributed by atoms with van der Waals surface area (Å²) >= 11 is 0. The van der Waals surface area contributed by atoms with Gasteiger partial charge in [-0.3, -0.25) is 0 Å². The average molecular weight is 232 g/mol. The lowest BCUT2D eigenvalue weighted by Crippen LogP contribution is -2.39. The molecule has 6 unspecified atom stereocenters. The summed E-state index contributed by atoms with van der Waals surface area (Å²) in [5, 5.41) is 0. The van der Waals surface area contributed by atoms with Crippen molar-refractivity contribution in [3.8, 4) is 0 Å². The van der Waals surface area contributed by atoms with E-state index in [1.54, 1.807) is 70.6 Å². The van der Waals surface area contributed by atoms with E-state index in [1.807, 2.05) is 0 Å². The third-order valence-corrected chi connectivity index (χ3v) is 6.97. The topological polar surface area (TPSA) is 0 Å². The molecule has 0 nitrogen and oxygen atoms in total. The fourth-order valence-corrected chi connectivity index (χ4v) is 6.16. The van der Waals surface area contributed by atoms with Gasteiger partial charge in [0.1, 0.15) is 0 Å². The van der Waals surface area contributed by atoms with Gasteiger partial charge in [0.25, 0.3) is 0 Å². The number of fused-ring (bicyclic) bond motifs is 3. The Kier molecular flexibility index (Phi) is 2.74. The number of rotatable bonds is 0. The highest BCUT2D eigenvalue weighted by Crippen LogP contribution is 2.55. The van der Waals surface area contributed by atoms with Gasteiger partial charge in [0, 0.05) is 0 Å². The van der Waals surface area contributed by atoms with Crippen LogP contribution in [0.15, 0.2) is 0 Å². The van der Waals surface area contributed by atoms with Gasteiger partial charge in [-0.15, -0.1) is 0 Å². The molecule has 4 rings (SSSR count). The summed E-state index contributed by atoms with van der Waals surface area (Å²) in [7, 11) is 0. The van der Waals surface area contributed by atoms with Crippen LogP contribution in [0.3, 0.4) is 0 Å². The van der Waals surface area contributed by atoms with E-state index in [1.165, 1.54) is 0 Å². The van der Waals surface area contributed by atoms with Gasteiger partial charge in [0.2, 0.25) is 0 Å².